The first-order chi connectivity index (χ1) is 10.1. The van der Waals surface area contributed by atoms with E-state index in [4.69, 9.17) is 12.2 Å². The van der Waals surface area contributed by atoms with Crippen LogP contribution in [0.1, 0.15) is 5.56 Å². The molecule has 2 nitrogen and oxygen atoms in total. The highest BCUT2D eigenvalue weighted by Gasteiger charge is 2.21. The van der Waals surface area contributed by atoms with Crippen LogP contribution in [0, 0.1) is 5.82 Å². The fourth-order valence-corrected chi connectivity index (χ4v) is 3.03. The largest absolute Gasteiger partial charge is 0.307 e. The van der Waals surface area contributed by atoms with Gasteiger partial charge < -0.3 is 5.32 Å². The monoisotopic (exact) mass is 315 g/mol. The maximum atomic E-state index is 12.9. The summed E-state index contributed by atoms with van der Waals surface area (Å²) in [6.07, 6.45) is 1.80. The molecule has 0 aromatic heterocycles. The molecule has 2 aromatic rings. The van der Waals surface area contributed by atoms with E-state index < -0.39 is 0 Å². The summed E-state index contributed by atoms with van der Waals surface area (Å²) < 4.78 is 13.4. The van der Waals surface area contributed by atoms with Gasteiger partial charge in [0.05, 0.1) is 4.91 Å². The van der Waals surface area contributed by atoms with Crippen LogP contribution in [-0.4, -0.2) is 10.2 Å². The highest BCUT2D eigenvalue weighted by atomic mass is 32.2. The molecule has 1 aliphatic heterocycles. The number of carbonyl (C=O) groups is 1. The Morgan fingerprint density at radius 1 is 1.00 bits per heavy atom. The predicted molar refractivity (Wildman–Crippen MR) is 88.1 cm³/mol. The number of rotatable bonds is 2. The summed E-state index contributed by atoms with van der Waals surface area (Å²) in [7, 11) is 0. The van der Waals surface area contributed by atoms with Gasteiger partial charge in [0.2, 0.25) is 0 Å². The first kappa shape index (κ1) is 14.0. The van der Waals surface area contributed by atoms with Crippen molar-refractivity contribution in [1.82, 2.24) is 5.32 Å². The number of halogens is 1. The molecule has 1 saturated heterocycles. The van der Waals surface area contributed by atoms with Gasteiger partial charge in [-0.1, -0.05) is 60.4 Å². The first-order valence-electron chi connectivity index (χ1n) is 6.23. The van der Waals surface area contributed by atoms with E-state index in [0.29, 0.717) is 9.23 Å². The lowest BCUT2D eigenvalue weighted by molar-refractivity contribution is -0.115. The van der Waals surface area contributed by atoms with Crippen molar-refractivity contribution in [3.63, 3.8) is 0 Å². The zero-order valence-electron chi connectivity index (χ0n) is 10.8. The number of amides is 1. The van der Waals surface area contributed by atoms with Crippen LogP contribution in [0.2, 0.25) is 0 Å². The minimum absolute atomic E-state index is 0.160. The third-order valence-corrected chi connectivity index (χ3v) is 4.19. The van der Waals surface area contributed by atoms with E-state index in [2.05, 4.69) is 5.32 Å². The summed E-state index contributed by atoms with van der Waals surface area (Å²) in [5.74, 6) is -0.409. The van der Waals surface area contributed by atoms with Crippen molar-refractivity contribution in [3.8, 4) is 11.1 Å². The van der Waals surface area contributed by atoms with E-state index in [9.17, 15) is 9.18 Å². The molecule has 0 atom stereocenters. The number of thioether (sulfide) groups is 1. The number of benzene rings is 2. The second-order valence-corrected chi connectivity index (χ2v) is 6.20. The molecule has 0 bridgehead atoms. The fourth-order valence-electron chi connectivity index (χ4n) is 1.99. The van der Waals surface area contributed by atoms with E-state index in [0.717, 1.165) is 16.7 Å². The van der Waals surface area contributed by atoms with Crippen LogP contribution in [0.5, 0.6) is 0 Å². The van der Waals surface area contributed by atoms with E-state index >= 15 is 0 Å². The zero-order valence-corrected chi connectivity index (χ0v) is 12.4. The molecular formula is C16H10FNOS2. The lowest BCUT2D eigenvalue weighted by atomic mass is 10.0. The smallest absolute Gasteiger partial charge is 0.263 e. The molecule has 104 valence electrons. The van der Waals surface area contributed by atoms with E-state index in [1.165, 1.54) is 23.9 Å². The van der Waals surface area contributed by atoms with Crippen LogP contribution in [0.4, 0.5) is 4.39 Å². The summed E-state index contributed by atoms with van der Waals surface area (Å²) in [5.41, 5.74) is 2.86. The SMILES string of the molecule is O=C1NC(=S)S/C1=C\c1ccc(-c2ccc(F)cc2)cc1. The maximum absolute atomic E-state index is 12.9. The minimum atomic E-state index is -0.250. The van der Waals surface area contributed by atoms with Crippen LogP contribution in [0.3, 0.4) is 0 Å². The van der Waals surface area contributed by atoms with E-state index in [1.807, 2.05) is 24.3 Å². The Hall–Kier alpha value is -1.98. The van der Waals surface area contributed by atoms with Crippen LogP contribution < -0.4 is 5.32 Å². The van der Waals surface area contributed by atoms with Crippen LogP contribution in [-0.2, 0) is 4.79 Å². The summed E-state index contributed by atoms with van der Waals surface area (Å²) in [4.78, 5) is 12.2. The number of hydrogen-bond acceptors (Lipinski definition) is 3. The number of thiocarbonyl (C=S) groups is 1. The van der Waals surface area contributed by atoms with Crippen LogP contribution in [0.15, 0.2) is 53.4 Å². The molecule has 21 heavy (non-hydrogen) atoms. The van der Waals surface area contributed by atoms with Gasteiger partial charge in [-0.3, -0.25) is 4.79 Å². The first-order valence-corrected chi connectivity index (χ1v) is 7.45. The molecule has 2 aromatic carbocycles. The Morgan fingerprint density at radius 3 is 2.10 bits per heavy atom. The highest BCUT2D eigenvalue weighted by Crippen LogP contribution is 2.27. The van der Waals surface area contributed by atoms with Crippen molar-refractivity contribution in [2.75, 3.05) is 0 Å². The van der Waals surface area contributed by atoms with Crippen molar-refractivity contribution in [2.45, 2.75) is 0 Å². The predicted octanol–water partition coefficient (Wildman–Crippen LogP) is 3.98. The van der Waals surface area contributed by atoms with Crippen molar-refractivity contribution < 1.29 is 9.18 Å². The quantitative estimate of drug-likeness (QED) is 0.671. The molecule has 1 aliphatic rings. The van der Waals surface area contributed by atoms with Crippen molar-refractivity contribution in [3.05, 3.63) is 64.8 Å². The molecule has 5 heteroatoms. The van der Waals surface area contributed by atoms with Crippen molar-refractivity contribution in [1.29, 1.82) is 0 Å². The topological polar surface area (TPSA) is 29.1 Å². The summed E-state index contributed by atoms with van der Waals surface area (Å²) >= 11 is 6.21. The van der Waals surface area contributed by atoms with Crippen LogP contribution >= 0.6 is 24.0 Å². The van der Waals surface area contributed by atoms with Gasteiger partial charge in [0, 0.05) is 0 Å². The summed E-state index contributed by atoms with van der Waals surface area (Å²) in [5, 5.41) is 2.58. The van der Waals surface area contributed by atoms with Gasteiger partial charge in [-0.2, -0.15) is 0 Å². The standard InChI is InChI=1S/C16H10FNOS2/c17-13-7-5-12(6-8-13)11-3-1-10(2-4-11)9-14-15(19)18-16(20)21-14/h1-9H,(H,18,19,20)/b14-9-. The third-order valence-electron chi connectivity index (χ3n) is 3.03. The lowest BCUT2D eigenvalue weighted by Crippen LogP contribution is -2.17. The molecule has 1 fully saturated rings. The summed E-state index contributed by atoms with van der Waals surface area (Å²) in [6.45, 7) is 0. The number of carbonyl (C=O) groups excluding carboxylic acids is 1. The molecule has 0 spiro atoms. The molecule has 0 aliphatic carbocycles. The Labute approximate surface area is 131 Å². The molecular weight excluding hydrogens is 305 g/mol. The van der Waals surface area contributed by atoms with Gasteiger partial charge in [0.1, 0.15) is 10.1 Å². The average molecular weight is 315 g/mol. The number of nitrogens with one attached hydrogen (secondary N) is 1. The molecule has 0 saturated carbocycles. The van der Waals surface area contributed by atoms with E-state index in [-0.39, 0.29) is 11.7 Å². The van der Waals surface area contributed by atoms with Crippen molar-refractivity contribution in [2.24, 2.45) is 0 Å². The molecule has 0 unspecified atom stereocenters. The Balaban J connectivity index is 1.84. The minimum Gasteiger partial charge on any atom is -0.307 e. The molecule has 0 radical (unpaired) electrons. The Kier molecular flexibility index (Phi) is 3.86. The lowest BCUT2D eigenvalue weighted by Gasteiger charge is -2.02. The fraction of sp³-hybridized carbons (Fsp3) is 0. The number of hydrogen-bond donors (Lipinski definition) is 1. The second-order valence-electron chi connectivity index (χ2n) is 4.48. The molecule has 1 N–H and O–H groups in total. The second kappa shape index (κ2) is 5.79. The highest BCUT2D eigenvalue weighted by molar-refractivity contribution is 8.26. The third kappa shape index (κ3) is 3.20. The van der Waals surface area contributed by atoms with Gasteiger partial charge in [-0.15, -0.1) is 0 Å². The van der Waals surface area contributed by atoms with Gasteiger partial charge in [0.15, 0.2) is 0 Å². The van der Waals surface area contributed by atoms with Gasteiger partial charge in [-0.25, -0.2) is 4.39 Å². The van der Waals surface area contributed by atoms with Crippen molar-refractivity contribution >= 4 is 40.3 Å². The Morgan fingerprint density at radius 2 is 1.57 bits per heavy atom. The Bertz CT molecular complexity index is 736. The normalized spacial score (nSPS) is 16.3. The maximum Gasteiger partial charge on any atom is 0.263 e. The van der Waals surface area contributed by atoms with Gasteiger partial charge >= 0.3 is 0 Å². The van der Waals surface area contributed by atoms with Gasteiger partial charge in [0.25, 0.3) is 5.91 Å². The van der Waals surface area contributed by atoms with Gasteiger partial charge in [-0.05, 0) is 34.9 Å². The molecule has 1 heterocycles. The zero-order chi connectivity index (χ0) is 14.8. The van der Waals surface area contributed by atoms with Crippen LogP contribution in [0.25, 0.3) is 17.2 Å². The molecule has 1 amide bonds. The molecule has 3 rings (SSSR count). The summed E-state index contributed by atoms with van der Waals surface area (Å²) in [6, 6.07) is 14.1. The van der Waals surface area contributed by atoms with E-state index in [1.54, 1.807) is 18.2 Å². The average Bonchev–Trinajstić information content (AvgIpc) is 2.79.